The SMILES string of the molecule is NC(=O)c1ccc(NCc2nccs2)nn1. The van der Waals surface area contributed by atoms with Crippen LogP contribution in [0.15, 0.2) is 23.7 Å². The van der Waals surface area contributed by atoms with E-state index in [2.05, 4.69) is 20.5 Å². The number of thiazole rings is 1. The summed E-state index contributed by atoms with van der Waals surface area (Å²) in [6.07, 6.45) is 1.74. The van der Waals surface area contributed by atoms with Crippen LogP contribution in [0.5, 0.6) is 0 Å². The fraction of sp³-hybridized carbons (Fsp3) is 0.111. The van der Waals surface area contributed by atoms with Gasteiger partial charge in [0.1, 0.15) is 10.8 Å². The Kier molecular flexibility index (Phi) is 3.06. The van der Waals surface area contributed by atoms with Crippen LogP contribution in [0, 0.1) is 0 Å². The number of nitrogens with zero attached hydrogens (tertiary/aromatic N) is 3. The van der Waals surface area contributed by atoms with E-state index in [1.54, 1.807) is 23.6 Å². The summed E-state index contributed by atoms with van der Waals surface area (Å²) in [4.78, 5) is 14.9. The van der Waals surface area contributed by atoms with E-state index in [-0.39, 0.29) is 5.69 Å². The first-order valence-electron chi connectivity index (χ1n) is 4.51. The minimum Gasteiger partial charge on any atom is -0.364 e. The number of rotatable bonds is 4. The molecular formula is C9H9N5OS. The van der Waals surface area contributed by atoms with Gasteiger partial charge >= 0.3 is 0 Å². The maximum atomic E-state index is 10.7. The summed E-state index contributed by atoms with van der Waals surface area (Å²) < 4.78 is 0. The molecule has 3 N–H and O–H groups in total. The standard InChI is InChI=1S/C9H9N5OS/c10-9(15)6-1-2-7(14-13-6)12-5-8-11-3-4-16-8/h1-4H,5H2,(H2,10,15)(H,12,14). The van der Waals surface area contributed by atoms with Crippen molar-refractivity contribution in [3.05, 3.63) is 34.4 Å². The Hall–Kier alpha value is -2.02. The first-order chi connectivity index (χ1) is 7.75. The van der Waals surface area contributed by atoms with Crippen molar-refractivity contribution in [3.8, 4) is 0 Å². The van der Waals surface area contributed by atoms with Crippen molar-refractivity contribution in [3.63, 3.8) is 0 Å². The fourth-order valence-corrected chi connectivity index (χ4v) is 1.62. The third-order valence-corrected chi connectivity index (χ3v) is 2.60. The summed E-state index contributed by atoms with van der Waals surface area (Å²) in [5.41, 5.74) is 5.20. The van der Waals surface area contributed by atoms with Crippen molar-refractivity contribution in [2.75, 3.05) is 5.32 Å². The van der Waals surface area contributed by atoms with E-state index in [4.69, 9.17) is 5.73 Å². The number of hydrogen-bond acceptors (Lipinski definition) is 6. The Morgan fingerprint density at radius 1 is 1.44 bits per heavy atom. The molecule has 2 aromatic heterocycles. The highest BCUT2D eigenvalue weighted by Gasteiger charge is 2.03. The highest BCUT2D eigenvalue weighted by Crippen LogP contribution is 2.07. The van der Waals surface area contributed by atoms with Gasteiger partial charge in [0.15, 0.2) is 5.69 Å². The van der Waals surface area contributed by atoms with Crippen molar-refractivity contribution < 1.29 is 4.79 Å². The average molecular weight is 235 g/mol. The van der Waals surface area contributed by atoms with E-state index in [1.165, 1.54) is 6.07 Å². The zero-order valence-electron chi connectivity index (χ0n) is 8.25. The minimum atomic E-state index is -0.584. The molecule has 0 spiro atoms. The van der Waals surface area contributed by atoms with Crippen LogP contribution in [0.25, 0.3) is 0 Å². The first-order valence-corrected chi connectivity index (χ1v) is 5.39. The molecule has 2 rings (SSSR count). The predicted octanol–water partition coefficient (Wildman–Crippen LogP) is 0.644. The fourth-order valence-electron chi connectivity index (χ4n) is 1.06. The molecule has 2 aromatic rings. The molecule has 16 heavy (non-hydrogen) atoms. The number of aromatic nitrogens is 3. The zero-order valence-corrected chi connectivity index (χ0v) is 9.07. The van der Waals surface area contributed by atoms with E-state index < -0.39 is 5.91 Å². The summed E-state index contributed by atoms with van der Waals surface area (Å²) in [5.74, 6) is -0.000765. The van der Waals surface area contributed by atoms with Gasteiger partial charge in [-0.3, -0.25) is 4.79 Å². The molecule has 7 heteroatoms. The molecule has 0 saturated carbocycles. The lowest BCUT2D eigenvalue weighted by Crippen LogP contribution is -2.14. The van der Waals surface area contributed by atoms with Gasteiger partial charge in [0, 0.05) is 11.6 Å². The molecule has 0 aromatic carbocycles. The van der Waals surface area contributed by atoms with Gasteiger partial charge in [-0.1, -0.05) is 0 Å². The summed E-state index contributed by atoms with van der Waals surface area (Å²) >= 11 is 1.55. The van der Waals surface area contributed by atoms with Crippen molar-refractivity contribution in [1.29, 1.82) is 0 Å². The van der Waals surface area contributed by atoms with E-state index >= 15 is 0 Å². The molecule has 0 radical (unpaired) electrons. The molecule has 0 saturated heterocycles. The number of amides is 1. The number of hydrogen-bond donors (Lipinski definition) is 2. The number of primary amides is 1. The first kappa shape index (κ1) is 10.5. The summed E-state index contributed by atoms with van der Waals surface area (Å²) in [6.45, 7) is 0.586. The van der Waals surface area contributed by atoms with Gasteiger partial charge in [-0.15, -0.1) is 21.5 Å². The van der Waals surface area contributed by atoms with Crippen molar-refractivity contribution in [1.82, 2.24) is 15.2 Å². The Bertz CT molecular complexity index is 467. The normalized spacial score (nSPS) is 10.0. The van der Waals surface area contributed by atoms with Crippen molar-refractivity contribution >= 4 is 23.1 Å². The lowest BCUT2D eigenvalue weighted by molar-refractivity contribution is 0.0994. The second-order valence-electron chi connectivity index (χ2n) is 2.95. The largest absolute Gasteiger partial charge is 0.364 e. The smallest absolute Gasteiger partial charge is 0.269 e. The van der Waals surface area contributed by atoms with Crippen LogP contribution in [-0.4, -0.2) is 21.1 Å². The molecule has 0 unspecified atom stereocenters. The maximum absolute atomic E-state index is 10.7. The van der Waals surface area contributed by atoms with Crippen molar-refractivity contribution in [2.45, 2.75) is 6.54 Å². The Balaban J connectivity index is 1.98. The molecule has 1 amide bonds. The molecule has 0 bridgehead atoms. The topological polar surface area (TPSA) is 93.8 Å². The van der Waals surface area contributed by atoms with Crippen LogP contribution >= 0.6 is 11.3 Å². The minimum absolute atomic E-state index is 0.153. The van der Waals surface area contributed by atoms with Crippen LogP contribution in [-0.2, 0) is 6.54 Å². The molecule has 0 aliphatic heterocycles. The van der Waals surface area contributed by atoms with E-state index in [9.17, 15) is 4.79 Å². The quantitative estimate of drug-likeness (QED) is 0.811. The second-order valence-corrected chi connectivity index (χ2v) is 3.93. The average Bonchev–Trinajstić information content (AvgIpc) is 2.80. The monoisotopic (exact) mass is 235 g/mol. The van der Waals surface area contributed by atoms with Crippen LogP contribution in [0.4, 0.5) is 5.82 Å². The lowest BCUT2D eigenvalue weighted by atomic mass is 10.4. The van der Waals surface area contributed by atoms with Crippen LogP contribution in [0.1, 0.15) is 15.5 Å². The highest BCUT2D eigenvalue weighted by atomic mass is 32.1. The molecule has 2 heterocycles. The van der Waals surface area contributed by atoms with Gasteiger partial charge in [0.05, 0.1) is 6.54 Å². The van der Waals surface area contributed by atoms with Crippen LogP contribution < -0.4 is 11.1 Å². The predicted molar refractivity (Wildman–Crippen MR) is 60.0 cm³/mol. The van der Waals surface area contributed by atoms with Gasteiger partial charge in [-0.2, -0.15) is 0 Å². The number of anilines is 1. The van der Waals surface area contributed by atoms with E-state index in [1.807, 2.05) is 5.38 Å². The summed E-state index contributed by atoms with van der Waals surface area (Å²) in [6, 6.07) is 3.18. The highest BCUT2D eigenvalue weighted by molar-refractivity contribution is 7.09. The number of nitrogens with two attached hydrogens (primary N) is 1. The third kappa shape index (κ3) is 2.51. The van der Waals surface area contributed by atoms with Gasteiger partial charge in [0.2, 0.25) is 0 Å². The van der Waals surface area contributed by atoms with Crippen molar-refractivity contribution in [2.24, 2.45) is 5.73 Å². The van der Waals surface area contributed by atoms with Gasteiger partial charge in [-0.05, 0) is 12.1 Å². The molecule has 6 nitrogen and oxygen atoms in total. The maximum Gasteiger partial charge on any atom is 0.269 e. The number of carbonyl (C=O) groups is 1. The van der Waals surface area contributed by atoms with Gasteiger partial charge < -0.3 is 11.1 Å². The Morgan fingerprint density at radius 2 is 2.31 bits per heavy atom. The Labute approximate surface area is 95.5 Å². The molecular weight excluding hydrogens is 226 g/mol. The van der Waals surface area contributed by atoms with Gasteiger partial charge in [-0.25, -0.2) is 4.98 Å². The molecule has 0 aliphatic carbocycles. The summed E-state index contributed by atoms with van der Waals surface area (Å²) in [5, 5.41) is 13.4. The molecule has 0 aliphatic rings. The lowest BCUT2D eigenvalue weighted by Gasteiger charge is -2.02. The van der Waals surface area contributed by atoms with E-state index in [0.29, 0.717) is 12.4 Å². The summed E-state index contributed by atoms with van der Waals surface area (Å²) in [7, 11) is 0. The zero-order chi connectivity index (χ0) is 11.4. The second kappa shape index (κ2) is 4.67. The molecule has 0 fully saturated rings. The molecule has 82 valence electrons. The third-order valence-electron chi connectivity index (χ3n) is 1.82. The van der Waals surface area contributed by atoms with Crippen LogP contribution in [0.3, 0.4) is 0 Å². The number of nitrogens with one attached hydrogen (secondary N) is 1. The molecule has 0 atom stereocenters. The number of carbonyl (C=O) groups excluding carboxylic acids is 1. The van der Waals surface area contributed by atoms with Gasteiger partial charge in [0.25, 0.3) is 5.91 Å². The Morgan fingerprint density at radius 3 is 2.88 bits per heavy atom. The van der Waals surface area contributed by atoms with Crippen LogP contribution in [0.2, 0.25) is 0 Å². The van der Waals surface area contributed by atoms with E-state index in [0.717, 1.165) is 5.01 Å².